The Hall–Kier alpha value is -3.29. The summed E-state index contributed by atoms with van der Waals surface area (Å²) in [5.74, 6) is -0.367. The summed E-state index contributed by atoms with van der Waals surface area (Å²) in [5.41, 5.74) is -0.335. The largest absolute Gasteiger partial charge is 0.436 e. The van der Waals surface area contributed by atoms with Crippen molar-refractivity contribution in [2.24, 2.45) is 5.92 Å². The lowest BCUT2D eigenvalue weighted by Crippen LogP contribution is -2.34. The number of rotatable bonds is 7. The number of amides is 1. The van der Waals surface area contributed by atoms with Gasteiger partial charge in [0.2, 0.25) is 18.2 Å². The summed E-state index contributed by atoms with van der Waals surface area (Å²) < 4.78 is 67.3. The van der Waals surface area contributed by atoms with Crippen molar-refractivity contribution >= 4 is 28.9 Å². The molecule has 0 radical (unpaired) electrons. The fraction of sp³-hybridized carbons (Fsp3) is 0.500. The van der Waals surface area contributed by atoms with Crippen molar-refractivity contribution in [2.75, 3.05) is 23.3 Å². The number of alkyl halides is 5. The topological polar surface area (TPSA) is 105 Å². The Morgan fingerprint density at radius 1 is 1.32 bits per heavy atom. The average molecular weight is 547 g/mol. The number of hydrogen-bond donors (Lipinski definition) is 2. The molecule has 1 aliphatic rings. The molecule has 1 amide bonds. The van der Waals surface area contributed by atoms with Gasteiger partial charge in [-0.3, -0.25) is 9.48 Å². The molecule has 0 unspecified atom stereocenters. The number of tetrazole rings is 1. The van der Waals surface area contributed by atoms with E-state index in [1.165, 1.54) is 6.92 Å². The van der Waals surface area contributed by atoms with Gasteiger partial charge in [-0.25, -0.2) is 8.78 Å². The van der Waals surface area contributed by atoms with Gasteiger partial charge >= 0.3 is 6.18 Å². The third kappa shape index (κ3) is 5.84. The van der Waals surface area contributed by atoms with Crippen molar-refractivity contribution in [3.8, 4) is 11.4 Å². The molecule has 9 nitrogen and oxygen atoms in total. The maximum Gasteiger partial charge on any atom is 0.436 e. The van der Waals surface area contributed by atoms with Crippen LogP contribution >= 0.6 is 11.6 Å². The number of H-pyrrole nitrogens is 1. The van der Waals surface area contributed by atoms with E-state index in [2.05, 4.69) is 42.9 Å². The van der Waals surface area contributed by atoms with E-state index in [1.807, 2.05) is 0 Å². The number of carbonyl (C=O) groups is 1. The Bertz CT molecular complexity index is 1250. The fourth-order valence-corrected chi connectivity index (χ4v) is 4.64. The normalized spacial score (nSPS) is 17.3. The summed E-state index contributed by atoms with van der Waals surface area (Å²) in [7, 11) is 0. The molecule has 3 aromatic rings. The highest BCUT2D eigenvalue weighted by atomic mass is 35.5. The van der Waals surface area contributed by atoms with Crippen LogP contribution in [0.3, 0.4) is 0 Å². The molecular formula is C22H24ClF5N8O. The molecule has 2 N–H and O–H groups in total. The van der Waals surface area contributed by atoms with Gasteiger partial charge in [0.05, 0.1) is 16.4 Å². The first-order valence-corrected chi connectivity index (χ1v) is 11.9. The minimum absolute atomic E-state index is 0.144. The molecule has 0 spiro atoms. The summed E-state index contributed by atoms with van der Waals surface area (Å²) in [6, 6.07) is 3.31. The highest BCUT2D eigenvalue weighted by molar-refractivity contribution is 6.32. The lowest BCUT2D eigenvalue weighted by atomic mass is 9.99. The molecule has 2 atom stereocenters. The molecule has 15 heteroatoms. The third-order valence-corrected chi connectivity index (χ3v) is 6.67. The van der Waals surface area contributed by atoms with E-state index < -0.39 is 41.7 Å². The molecular weight excluding hydrogens is 523 g/mol. The molecule has 4 rings (SSSR count). The van der Waals surface area contributed by atoms with Gasteiger partial charge in [0.15, 0.2) is 5.69 Å². The number of anilines is 2. The molecule has 37 heavy (non-hydrogen) atoms. The minimum atomic E-state index is -4.92. The van der Waals surface area contributed by atoms with Crippen LogP contribution in [-0.4, -0.2) is 55.8 Å². The van der Waals surface area contributed by atoms with Crippen molar-refractivity contribution in [3.63, 3.8) is 0 Å². The van der Waals surface area contributed by atoms with Crippen molar-refractivity contribution in [3.05, 3.63) is 34.6 Å². The number of benzene rings is 1. The smallest absolute Gasteiger partial charge is 0.371 e. The second kappa shape index (κ2) is 10.6. The van der Waals surface area contributed by atoms with Crippen molar-refractivity contribution < 1.29 is 26.7 Å². The van der Waals surface area contributed by atoms with Gasteiger partial charge in [-0.05, 0) is 49.1 Å². The summed E-state index contributed by atoms with van der Waals surface area (Å²) in [6.07, 6.45) is -6.89. The number of piperidine rings is 1. The van der Waals surface area contributed by atoms with Crippen LogP contribution in [0.25, 0.3) is 11.4 Å². The Balaban J connectivity index is 1.69. The Labute approximate surface area is 213 Å². The number of halogens is 6. The van der Waals surface area contributed by atoms with Gasteiger partial charge in [0, 0.05) is 30.8 Å². The molecule has 200 valence electrons. The summed E-state index contributed by atoms with van der Waals surface area (Å²) in [4.78, 5) is 15.4. The van der Waals surface area contributed by atoms with Gasteiger partial charge in [0.1, 0.15) is 6.04 Å². The van der Waals surface area contributed by atoms with Crippen LogP contribution in [0.2, 0.25) is 5.02 Å². The SMILES string of the molecule is Cc1c(Cl)c(C(F)(F)F)nn1[C@@H](CC(F)F)C(=O)Nc1ccc(N2CCC[C@@H](C)C2)cc1-c1nn[nH]n1. The lowest BCUT2D eigenvalue weighted by molar-refractivity contribution is -0.141. The Kier molecular flexibility index (Phi) is 7.67. The number of nitrogens with one attached hydrogen (secondary N) is 2. The van der Waals surface area contributed by atoms with Crippen LogP contribution in [0, 0.1) is 12.8 Å². The van der Waals surface area contributed by atoms with E-state index in [9.17, 15) is 26.7 Å². The van der Waals surface area contributed by atoms with E-state index in [1.54, 1.807) is 18.2 Å². The zero-order valence-electron chi connectivity index (χ0n) is 19.9. The van der Waals surface area contributed by atoms with Gasteiger partial charge in [-0.2, -0.15) is 23.5 Å². The summed E-state index contributed by atoms with van der Waals surface area (Å²) in [6.45, 7) is 4.99. The maximum atomic E-state index is 13.4. The van der Waals surface area contributed by atoms with Crippen LogP contribution in [0.4, 0.5) is 33.3 Å². The molecule has 1 aromatic carbocycles. The number of carbonyl (C=O) groups excluding carboxylic acids is 1. The fourth-order valence-electron chi connectivity index (χ4n) is 4.41. The molecule has 1 aliphatic heterocycles. The molecule has 1 fully saturated rings. The van der Waals surface area contributed by atoms with E-state index in [-0.39, 0.29) is 17.2 Å². The van der Waals surface area contributed by atoms with Gasteiger partial charge < -0.3 is 10.2 Å². The van der Waals surface area contributed by atoms with Gasteiger partial charge in [-0.15, -0.1) is 10.2 Å². The molecule has 0 bridgehead atoms. The number of nitrogens with zero attached hydrogens (tertiary/aromatic N) is 6. The molecule has 0 aliphatic carbocycles. The van der Waals surface area contributed by atoms with Gasteiger partial charge in [0.25, 0.3) is 0 Å². The van der Waals surface area contributed by atoms with E-state index >= 15 is 0 Å². The molecule has 2 aromatic heterocycles. The van der Waals surface area contributed by atoms with E-state index in [0.717, 1.165) is 31.6 Å². The predicted octanol–water partition coefficient (Wildman–Crippen LogP) is 5.12. The third-order valence-electron chi connectivity index (χ3n) is 6.21. The summed E-state index contributed by atoms with van der Waals surface area (Å²) >= 11 is 5.78. The highest BCUT2D eigenvalue weighted by Crippen LogP contribution is 2.38. The van der Waals surface area contributed by atoms with Crippen LogP contribution < -0.4 is 10.2 Å². The quantitative estimate of drug-likeness (QED) is 0.399. The van der Waals surface area contributed by atoms with Crippen molar-refractivity contribution in [2.45, 2.75) is 51.8 Å². The lowest BCUT2D eigenvalue weighted by Gasteiger charge is -2.33. The number of hydrogen-bond acceptors (Lipinski definition) is 6. The number of aromatic nitrogens is 6. The average Bonchev–Trinajstić information content (AvgIpc) is 3.46. The van der Waals surface area contributed by atoms with Crippen LogP contribution in [-0.2, 0) is 11.0 Å². The van der Waals surface area contributed by atoms with Crippen LogP contribution in [0.5, 0.6) is 0 Å². The van der Waals surface area contributed by atoms with E-state index in [4.69, 9.17) is 11.6 Å². The zero-order chi connectivity index (χ0) is 26.9. The molecule has 1 saturated heterocycles. The Morgan fingerprint density at radius 2 is 2.08 bits per heavy atom. The second-order valence-electron chi connectivity index (χ2n) is 8.98. The standard InChI is InChI=1S/C22H24ClF5N8O/c1-11-4-3-7-35(10-11)13-5-6-15(14(8-13)20-30-33-34-31-20)29-21(37)16(9-17(24)25)36-12(2)18(23)19(32-36)22(26,27)28/h5-6,8,11,16-17H,3-4,7,9-10H2,1-2H3,(H,29,37)(H,30,31,33,34)/t11-,16+/m1/s1. The zero-order valence-corrected chi connectivity index (χ0v) is 20.6. The van der Waals surface area contributed by atoms with Crippen molar-refractivity contribution in [1.82, 2.24) is 30.4 Å². The van der Waals surface area contributed by atoms with Crippen LogP contribution in [0.1, 0.15) is 43.6 Å². The Morgan fingerprint density at radius 3 is 2.68 bits per heavy atom. The molecule has 3 heterocycles. The first-order valence-electron chi connectivity index (χ1n) is 11.5. The number of aromatic amines is 1. The highest BCUT2D eigenvalue weighted by Gasteiger charge is 2.40. The van der Waals surface area contributed by atoms with E-state index in [0.29, 0.717) is 16.2 Å². The van der Waals surface area contributed by atoms with Gasteiger partial charge in [-0.1, -0.05) is 18.5 Å². The van der Waals surface area contributed by atoms with Crippen molar-refractivity contribution in [1.29, 1.82) is 0 Å². The monoisotopic (exact) mass is 546 g/mol. The van der Waals surface area contributed by atoms with Crippen LogP contribution in [0.15, 0.2) is 18.2 Å². The maximum absolute atomic E-state index is 13.4. The summed E-state index contributed by atoms with van der Waals surface area (Å²) in [5, 5.41) is 19.0. The minimum Gasteiger partial charge on any atom is -0.371 e. The second-order valence-corrected chi connectivity index (χ2v) is 9.36. The molecule has 0 saturated carbocycles. The first-order chi connectivity index (χ1) is 17.5. The predicted molar refractivity (Wildman–Crippen MR) is 125 cm³/mol. The first kappa shape index (κ1) is 26.8.